The molecule has 0 spiro atoms. The summed E-state index contributed by atoms with van der Waals surface area (Å²) in [4.78, 5) is 17.6. The summed E-state index contributed by atoms with van der Waals surface area (Å²) in [5.74, 6) is 0.516. The number of halogens is 2. The molecule has 0 atom stereocenters. The lowest BCUT2D eigenvalue weighted by molar-refractivity contribution is 0.937. The second-order valence-electron chi connectivity index (χ2n) is 5.07. The van der Waals surface area contributed by atoms with Crippen molar-refractivity contribution in [1.29, 1.82) is 0 Å². The first-order valence-corrected chi connectivity index (χ1v) is 9.02. The third-order valence-electron chi connectivity index (χ3n) is 3.48. The maximum Gasteiger partial charge on any atom is 0.291 e. The molecule has 24 heavy (non-hydrogen) atoms. The second kappa shape index (κ2) is 6.12. The molecule has 2 aromatic carbocycles. The highest BCUT2D eigenvalue weighted by Gasteiger charge is 2.12. The summed E-state index contributed by atoms with van der Waals surface area (Å²) < 4.78 is 2.88. The summed E-state index contributed by atoms with van der Waals surface area (Å²) in [5.41, 5.74) is 1.60. The molecular weight excluding hydrogens is 410 g/mol. The van der Waals surface area contributed by atoms with Crippen molar-refractivity contribution in [3.8, 4) is 11.4 Å². The molecule has 0 aliphatic heterocycles. The lowest BCUT2D eigenvalue weighted by Gasteiger charge is -1.95. The van der Waals surface area contributed by atoms with Gasteiger partial charge in [0, 0.05) is 15.1 Å². The van der Waals surface area contributed by atoms with Crippen LogP contribution in [0, 0.1) is 0 Å². The Morgan fingerprint density at radius 3 is 2.58 bits per heavy atom. The van der Waals surface area contributed by atoms with E-state index in [-0.39, 0.29) is 5.56 Å². The van der Waals surface area contributed by atoms with Gasteiger partial charge in [-0.15, -0.1) is 5.10 Å². The lowest BCUT2D eigenvalue weighted by Crippen LogP contribution is -2.23. The predicted octanol–water partition coefficient (Wildman–Crippen LogP) is 3.78. The van der Waals surface area contributed by atoms with E-state index in [0.29, 0.717) is 20.3 Å². The molecule has 4 rings (SSSR count). The van der Waals surface area contributed by atoms with Crippen LogP contribution in [0.4, 0.5) is 0 Å². The van der Waals surface area contributed by atoms with Gasteiger partial charge in [0.1, 0.15) is 0 Å². The van der Waals surface area contributed by atoms with Crippen molar-refractivity contribution in [3.63, 3.8) is 0 Å². The van der Waals surface area contributed by atoms with Crippen LogP contribution in [0.5, 0.6) is 0 Å². The van der Waals surface area contributed by atoms with Crippen LogP contribution in [0.3, 0.4) is 0 Å². The van der Waals surface area contributed by atoms with E-state index in [1.54, 1.807) is 12.1 Å². The first-order chi connectivity index (χ1) is 11.6. The average molecular weight is 419 g/mol. The molecule has 4 aromatic rings. The van der Waals surface area contributed by atoms with E-state index in [9.17, 15) is 4.79 Å². The number of hydrogen-bond acceptors (Lipinski definition) is 4. The molecule has 0 aliphatic rings. The normalized spacial score (nSPS) is 12.2. The van der Waals surface area contributed by atoms with E-state index in [2.05, 4.69) is 26.0 Å². The van der Waals surface area contributed by atoms with Crippen molar-refractivity contribution in [3.05, 3.63) is 78.5 Å². The topological polar surface area (TPSA) is 47.3 Å². The van der Waals surface area contributed by atoms with Gasteiger partial charge < -0.3 is 0 Å². The molecule has 0 saturated heterocycles. The van der Waals surface area contributed by atoms with Gasteiger partial charge in [0.05, 0.1) is 4.53 Å². The van der Waals surface area contributed by atoms with Crippen LogP contribution in [0.1, 0.15) is 5.56 Å². The zero-order valence-electron chi connectivity index (χ0n) is 12.1. The molecule has 7 heteroatoms. The Kier molecular flexibility index (Phi) is 3.96. The quantitative estimate of drug-likeness (QED) is 0.498. The molecule has 4 nitrogen and oxygen atoms in total. The third-order valence-corrected chi connectivity index (χ3v) is 5.41. The third kappa shape index (κ3) is 2.77. The maximum absolute atomic E-state index is 12.5. The van der Waals surface area contributed by atoms with Gasteiger partial charge in [-0.25, -0.2) is 0 Å². The number of nitrogens with zero attached hydrogens (tertiary/aromatic N) is 3. The van der Waals surface area contributed by atoms with Crippen molar-refractivity contribution in [2.75, 3.05) is 0 Å². The summed E-state index contributed by atoms with van der Waals surface area (Å²) in [7, 11) is 0. The minimum Gasteiger partial charge on any atom is -0.266 e. The highest BCUT2D eigenvalue weighted by Crippen LogP contribution is 2.19. The largest absolute Gasteiger partial charge is 0.291 e. The Morgan fingerprint density at radius 2 is 1.88 bits per heavy atom. The SMILES string of the molecule is O=c1c(=Cc2ccccc2Br)sc2nc(-c3ccc(Cl)cc3)nn12. The van der Waals surface area contributed by atoms with Gasteiger partial charge >= 0.3 is 0 Å². The van der Waals surface area contributed by atoms with E-state index in [1.165, 1.54) is 15.9 Å². The Balaban J connectivity index is 1.83. The summed E-state index contributed by atoms with van der Waals surface area (Å²) in [5, 5.41) is 4.97. The summed E-state index contributed by atoms with van der Waals surface area (Å²) >= 11 is 10.7. The predicted molar refractivity (Wildman–Crippen MR) is 101 cm³/mol. The van der Waals surface area contributed by atoms with Crippen molar-refractivity contribution < 1.29 is 0 Å². The van der Waals surface area contributed by atoms with Gasteiger partial charge in [-0.3, -0.25) is 4.79 Å². The van der Waals surface area contributed by atoms with Crippen LogP contribution < -0.4 is 10.1 Å². The van der Waals surface area contributed by atoms with Crippen LogP contribution in [0.15, 0.2) is 57.8 Å². The smallest absolute Gasteiger partial charge is 0.266 e. The highest BCUT2D eigenvalue weighted by molar-refractivity contribution is 9.10. The van der Waals surface area contributed by atoms with Crippen LogP contribution in [0.2, 0.25) is 5.02 Å². The molecule has 118 valence electrons. The number of aromatic nitrogens is 3. The molecule has 0 aliphatic carbocycles. The van der Waals surface area contributed by atoms with Crippen LogP contribution in [-0.4, -0.2) is 14.6 Å². The Hall–Kier alpha value is -2.02. The number of thiazole rings is 1. The van der Waals surface area contributed by atoms with Gasteiger partial charge in [-0.2, -0.15) is 9.50 Å². The van der Waals surface area contributed by atoms with Crippen molar-refractivity contribution in [2.24, 2.45) is 0 Å². The first kappa shape index (κ1) is 15.5. The fourth-order valence-electron chi connectivity index (χ4n) is 2.29. The fourth-order valence-corrected chi connectivity index (χ4v) is 3.71. The minimum absolute atomic E-state index is 0.168. The number of rotatable bonds is 2. The molecule has 0 amide bonds. The maximum atomic E-state index is 12.5. The Morgan fingerprint density at radius 1 is 1.12 bits per heavy atom. The molecule has 2 aromatic heterocycles. The lowest BCUT2D eigenvalue weighted by atomic mass is 10.2. The Bertz CT molecular complexity index is 1150. The van der Waals surface area contributed by atoms with Crippen molar-refractivity contribution >= 4 is 49.9 Å². The van der Waals surface area contributed by atoms with Gasteiger partial charge in [-0.05, 0) is 42.0 Å². The molecule has 0 fully saturated rings. The van der Waals surface area contributed by atoms with Crippen LogP contribution in [-0.2, 0) is 0 Å². The summed E-state index contributed by atoms with van der Waals surface area (Å²) in [6, 6.07) is 15.0. The standard InChI is InChI=1S/C17H9BrClN3OS/c18-13-4-2-1-3-11(13)9-14-16(23)22-17(24-14)20-15(21-22)10-5-7-12(19)8-6-10/h1-9H. The summed E-state index contributed by atoms with van der Waals surface area (Å²) in [6.45, 7) is 0. The monoisotopic (exact) mass is 417 g/mol. The highest BCUT2D eigenvalue weighted by atomic mass is 79.9. The van der Waals surface area contributed by atoms with Crippen molar-refractivity contribution in [1.82, 2.24) is 14.6 Å². The van der Waals surface area contributed by atoms with E-state index < -0.39 is 0 Å². The molecule has 0 unspecified atom stereocenters. The van der Waals surface area contributed by atoms with E-state index >= 15 is 0 Å². The summed E-state index contributed by atoms with van der Waals surface area (Å²) in [6.07, 6.45) is 1.84. The van der Waals surface area contributed by atoms with Gasteiger partial charge in [0.25, 0.3) is 5.56 Å². The minimum atomic E-state index is -0.168. The first-order valence-electron chi connectivity index (χ1n) is 7.03. The van der Waals surface area contributed by atoms with E-state index in [0.717, 1.165) is 15.6 Å². The van der Waals surface area contributed by atoms with Crippen LogP contribution in [0.25, 0.3) is 22.4 Å². The zero-order chi connectivity index (χ0) is 16.7. The van der Waals surface area contributed by atoms with Crippen LogP contribution >= 0.6 is 38.9 Å². The molecule has 0 N–H and O–H groups in total. The number of fused-ring (bicyclic) bond motifs is 1. The molecule has 0 saturated carbocycles. The fraction of sp³-hybridized carbons (Fsp3) is 0. The average Bonchev–Trinajstić information content (AvgIpc) is 3.11. The van der Waals surface area contributed by atoms with E-state index in [1.807, 2.05) is 42.5 Å². The second-order valence-corrected chi connectivity index (χ2v) is 7.37. The van der Waals surface area contributed by atoms with Crippen molar-refractivity contribution in [2.45, 2.75) is 0 Å². The van der Waals surface area contributed by atoms with Gasteiger partial charge in [0.15, 0.2) is 5.82 Å². The zero-order valence-corrected chi connectivity index (χ0v) is 15.3. The number of hydrogen-bond donors (Lipinski definition) is 0. The number of benzene rings is 2. The molecule has 0 bridgehead atoms. The van der Waals surface area contributed by atoms with E-state index in [4.69, 9.17) is 11.6 Å². The molecular formula is C17H9BrClN3OS. The molecule has 0 radical (unpaired) electrons. The van der Waals surface area contributed by atoms with Gasteiger partial charge in [0.2, 0.25) is 4.96 Å². The van der Waals surface area contributed by atoms with Gasteiger partial charge in [-0.1, -0.05) is 57.1 Å². The molecule has 2 heterocycles. The Labute approximate surface area is 154 Å².